The molecule has 1 heterocycles. The molecule has 1 aromatic carbocycles. The molecule has 0 radical (unpaired) electrons. The Morgan fingerprint density at radius 3 is 2.72 bits per heavy atom. The van der Waals surface area contributed by atoms with Crippen molar-refractivity contribution < 1.29 is 14.3 Å². The fourth-order valence-corrected chi connectivity index (χ4v) is 2.61. The van der Waals surface area contributed by atoms with Gasteiger partial charge < -0.3 is 9.47 Å². The van der Waals surface area contributed by atoms with Crippen molar-refractivity contribution in [2.24, 2.45) is 0 Å². The van der Waals surface area contributed by atoms with Crippen LogP contribution in [0.4, 0.5) is 0 Å². The molecular weight excluding hydrogens is 324 g/mol. The van der Waals surface area contributed by atoms with E-state index in [9.17, 15) is 14.4 Å². The molecule has 0 unspecified atom stereocenters. The van der Waals surface area contributed by atoms with Crippen LogP contribution in [0.25, 0.3) is 0 Å². The molecule has 0 aliphatic heterocycles. The van der Waals surface area contributed by atoms with Gasteiger partial charge in [0.2, 0.25) is 0 Å². The number of hydrogen-bond acceptors (Lipinski definition) is 5. The van der Waals surface area contributed by atoms with E-state index in [4.69, 9.17) is 9.47 Å². The van der Waals surface area contributed by atoms with Gasteiger partial charge in [0.15, 0.2) is 6.29 Å². The highest BCUT2D eigenvalue weighted by molar-refractivity contribution is 5.51. The summed E-state index contributed by atoms with van der Waals surface area (Å²) < 4.78 is 12.1. The minimum Gasteiger partial charge on any atom is -0.486 e. The molecule has 0 amide bonds. The van der Waals surface area contributed by atoms with Crippen molar-refractivity contribution in [3.05, 3.63) is 61.9 Å². The van der Waals surface area contributed by atoms with Gasteiger partial charge in [-0.05, 0) is 31.0 Å². The lowest BCUT2D eigenvalue weighted by Gasteiger charge is -2.16. The molecule has 7 heteroatoms. The summed E-state index contributed by atoms with van der Waals surface area (Å²) in [5.74, 6) is 0.561. The first-order chi connectivity index (χ1) is 12.1. The van der Waals surface area contributed by atoms with Crippen LogP contribution in [0, 0.1) is 0 Å². The lowest BCUT2D eigenvalue weighted by molar-refractivity contribution is -0.109. The minimum atomic E-state index is -0.487. The van der Waals surface area contributed by atoms with Crippen LogP contribution in [-0.2, 0) is 29.1 Å². The minimum absolute atomic E-state index is 0.0241. The highest BCUT2D eigenvalue weighted by Gasteiger charge is 2.14. The van der Waals surface area contributed by atoms with Gasteiger partial charge >= 0.3 is 5.69 Å². The summed E-state index contributed by atoms with van der Waals surface area (Å²) in [6.45, 7) is 4.22. The lowest BCUT2D eigenvalue weighted by Crippen LogP contribution is -2.36. The van der Waals surface area contributed by atoms with Crippen molar-refractivity contribution in [1.82, 2.24) is 9.55 Å². The maximum Gasteiger partial charge on any atom is 0.330 e. The zero-order valence-corrected chi connectivity index (χ0v) is 14.4. The van der Waals surface area contributed by atoms with E-state index in [-0.39, 0.29) is 18.9 Å². The number of carbonyl (C=O) groups is 1. The van der Waals surface area contributed by atoms with E-state index in [1.807, 2.05) is 19.9 Å². The highest BCUT2D eigenvalue weighted by Crippen LogP contribution is 2.17. The molecule has 0 atom stereocenters. The van der Waals surface area contributed by atoms with Gasteiger partial charge in [0, 0.05) is 24.3 Å². The van der Waals surface area contributed by atoms with E-state index in [2.05, 4.69) is 4.98 Å². The first-order valence-corrected chi connectivity index (χ1v) is 8.18. The molecule has 0 saturated carbocycles. The van der Waals surface area contributed by atoms with Gasteiger partial charge in [0.25, 0.3) is 5.56 Å². The van der Waals surface area contributed by atoms with Crippen LogP contribution in [0.1, 0.15) is 30.7 Å². The van der Waals surface area contributed by atoms with E-state index in [0.29, 0.717) is 42.7 Å². The van der Waals surface area contributed by atoms with Crippen LogP contribution in [0.3, 0.4) is 0 Å². The van der Waals surface area contributed by atoms with Gasteiger partial charge in [-0.1, -0.05) is 19.1 Å². The number of benzene rings is 1. The van der Waals surface area contributed by atoms with Crippen LogP contribution < -0.4 is 16.0 Å². The SMILES string of the molecule is CCOCn1c(Cc2cccc(OCC=O)c2)c(CC)c(=O)[nH]c1=O. The molecule has 1 N–H and O–H groups in total. The van der Waals surface area contributed by atoms with Crippen LogP contribution in [-0.4, -0.2) is 29.1 Å². The molecule has 7 nitrogen and oxygen atoms in total. The molecule has 0 fully saturated rings. The quantitative estimate of drug-likeness (QED) is 0.691. The smallest absolute Gasteiger partial charge is 0.330 e. The zero-order chi connectivity index (χ0) is 18.2. The summed E-state index contributed by atoms with van der Waals surface area (Å²) in [4.78, 5) is 37.1. The highest BCUT2D eigenvalue weighted by atomic mass is 16.5. The standard InChI is InChI=1S/C18H22N2O5/c1-3-15-16(20(12-24-4-2)18(23)19-17(15)22)11-13-6-5-7-14(10-13)25-9-8-21/h5-8,10H,3-4,9,11-12H2,1-2H3,(H,19,22,23). The molecule has 134 valence electrons. The van der Waals surface area contributed by atoms with E-state index in [0.717, 1.165) is 5.56 Å². The Kier molecular flexibility index (Phi) is 6.71. The summed E-state index contributed by atoms with van der Waals surface area (Å²) in [6, 6.07) is 7.22. The number of rotatable bonds is 9. The Labute approximate surface area is 145 Å². The van der Waals surface area contributed by atoms with Crippen molar-refractivity contribution in [2.45, 2.75) is 33.4 Å². The number of aromatic amines is 1. The van der Waals surface area contributed by atoms with Gasteiger partial charge in [-0.3, -0.25) is 19.1 Å². The Hall–Kier alpha value is -2.67. The first-order valence-electron chi connectivity index (χ1n) is 8.18. The second-order valence-corrected chi connectivity index (χ2v) is 5.39. The van der Waals surface area contributed by atoms with Gasteiger partial charge in [-0.15, -0.1) is 0 Å². The average molecular weight is 346 g/mol. The lowest BCUT2D eigenvalue weighted by atomic mass is 10.0. The van der Waals surface area contributed by atoms with Crippen LogP contribution in [0.2, 0.25) is 0 Å². The maximum absolute atomic E-state index is 12.2. The number of carbonyl (C=O) groups excluding carboxylic acids is 1. The number of ether oxygens (including phenoxy) is 2. The number of aldehydes is 1. The van der Waals surface area contributed by atoms with Crippen LogP contribution in [0.5, 0.6) is 5.75 Å². The predicted octanol–water partition coefficient (Wildman–Crippen LogP) is 1.26. The molecule has 1 aromatic heterocycles. The van der Waals surface area contributed by atoms with Crippen molar-refractivity contribution in [2.75, 3.05) is 13.2 Å². The topological polar surface area (TPSA) is 90.4 Å². The zero-order valence-electron chi connectivity index (χ0n) is 14.4. The third-order valence-electron chi connectivity index (χ3n) is 3.78. The van der Waals surface area contributed by atoms with E-state index in [1.54, 1.807) is 18.2 Å². The second kappa shape index (κ2) is 8.98. The molecule has 2 rings (SSSR count). The largest absolute Gasteiger partial charge is 0.486 e. The average Bonchev–Trinajstić information content (AvgIpc) is 2.60. The summed E-state index contributed by atoms with van der Waals surface area (Å²) in [6.07, 6.45) is 1.56. The monoisotopic (exact) mass is 346 g/mol. The Bertz CT molecular complexity index is 838. The maximum atomic E-state index is 12.2. The molecular formula is C18H22N2O5. The normalized spacial score (nSPS) is 10.6. The molecule has 0 saturated heterocycles. The predicted molar refractivity (Wildman–Crippen MR) is 93.1 cm³/mol. The molecule has 0 spiro atoms. The van der Waals surface area contributed by atoms with Gasteiger partial charge in [0.1, 0.15) is 19.1 Å². The third-order valence-corrected chi connectivity index (χ3v) is 3.78. The molecule has 25 heavy (non-hydrogen) atoms. The summed E-state index contributed by atoms with van der Waals surface area (Å²) in [5, 5.41) is 0. The fourth-order valence-electron chi connectivity index (χ4n) is 2.61. The molecule has 0 bridgehead atoms. The Morgan fingerprint density at radius 2 is 2.04 bits per heavy atom. The summed E-state index contributed by atoms with van der Waals surface area (Å²) in [7, 11) is 0. The van der Waals surface area contributed by atoms with Gasteiger partial charge in [-0.2, -0.15) is 0 Å². The van der Waals surface area contributed by atoms with E-state index < -0.39 is 5.69 Å². The molecule has 0 aliphatic rings. The van der Waals surface area contributed by atoms with Gasteiger partial charge in [0.05, 0.1) is 0 Å². The van der Waals surface area contributed by atoms with Crippen molar-refractivity contribution >= 4 is 6.29 Å². The van der Waals surface area contributed by atoms with Crippen molar-refractivity contribution in [3.63, 3.8) is 0 Å². The van der Waals surface area contributed by atoms with Crippen molar-refractivity contribution in [3.8, 4) is 5.75 Å². The fraction of sp³-hybridized carbons (Fsp3) is 0.389. The summed E-state index contributed by atoms with van der Waals surface area (Å²) in [5.41, 5.74) is 1.19. The first kappa shape index (κ1) is 18.7. The van der Waals surface area contributed by atoms with Crippen molar-refractivity contribution in [1.29, 1.82) is 0 Å². The molecule has 0 aliphatic carbocycles. The van der Waals surface area contributed by atoms with Gasteiger partial charge in [-0.25, -0.2) is 4.79 Å². The number of aromatic nitrogens is 2. The molecule has 2 aromatic rings. The summed E-state index contributed by atoms with van der Waals surface area (Å²) >= 11 is 0. The number of hydrogen-bond donors (Lipinski definition) is 1. The van der Waals surface area contributed by atoms with E-state index >= 15 is 0 Å². The Morgan fingerprint density at radius 1 is 1.24 bits per heavy atom. The van der Waals surface area contributed by atoms with Crippen LogP contribution >= 0.6 is 0 Å². The second-order valence-electron chi connectivity index (χ2n) is 5.39. The number of nitrogens with one attached hydrogen (secondary N) is 1. The third kappa shape index (κ3) is 4.67. The van der Waals surface area contributed by atoms with E-state index in [1.165, 1.54) is 4.57 Å². The number of H-pyrrole nitrogens is 1. The Balaban J connectivity index is 2.44. The van der Waals surface area contributed by atoms with Crippen LogP contribution in [0.15, 0.2) is 33.9 Å². The number of nitrogens with zero attached hydrogens (tertiary/aromatic N) is 1.